The van der Waals surface area contributed by atoms with E-state index in [2.05, 4.69) is 49.8 Å². The van der Waals surface area contributed by atoms with Crippen LogP contribution in [-0.2, 0) is 4.74 Å². The first-order valence-electron chi connectivity index (χ1n) is 7.52. The van der Waals surface area contributed by atoms with Crippen molar-refractivity contribution >= 4 is 11.6 Å². The highest BCUT2D eigenvalue weighted by atomic mass is 16.5. The van der Waals surface area contributed by atoms with Gasteiger partial charge in [0, 0.05) is 25.1 Å². The van der Waals surface area contributed by atoms with Gasteiger partial charge in [-0.1, -0.05) is 13.8 Å². The second-order valence-electron chi connectivity index (χ2n) is 5.80. The minimum Gasteiger partial charge on any atom is -0.375 e. The molecular weight excluding hydrogens is 252 g/mol. The smallest absolute Gasteiger partial charge is 0.135 e. The van der Waals surface area contributed by atoms with Crippen LogP contribution in [0.3, 0.4) is 0 Å². The molecule has 0 aliphatic carbocycles. The fraction of sp³-hybridized carbons (Fsp3) is 0.733. The molecule has 1 saturated heterocycles. The lowest BCUT2D eigenvalue weighted by atomic mass is 10.2. The third kappa shape index (κ3) is 3.39. The lowest BCUT2D eigenvalue weighted by Gasteiger charge is -2.38. The van der Waals surface area contributed by atoms with Crippen LogP contribution >= 0.6 is 0 Å². The van der Waals surface area contributed by atoms with E-state index in [-0.39, 0.29) is 6.10 Å². The average Bonchev–Trinajstić information content (AvgIpc) is 2.41. The van der Waals surface area contributed by atoms with Crippen LogP contribution in [0.5, 0.6) is 0 Å². The number of morpholine rings is 1. The maximum Gasteiger partial charge on any atom is 0.135 e. The van der Waals surface area contributed by atoms with E-state index in [1.54, 1.807) is 0 Å². The van der Waals surface area contributed by atoms with Gasteiger partial charge in [0.1, 0.15) is 17.5 Å². The van der Waals surface area contributed by atoms with Crippen molar-refractivity contribution in [3.8, 4) is 0 Å². The summed E-state index contributed by atoms with van der Waals surface area (Å²) >= 11 is 0. The van der Waals surface area contributed by atoms with Crippen LogP contribution in [0.1, 0.15) is 46.4 Å². The summed E-state index contributed by atoms with van der Waals surface area (Å²) in [6, 6.07) is 2.39. The molecule has 2 unspecified atom stereocenters. The molecule has 0 saturated carbocycles. The minimum absolute atomic E-state index is 0.242. The van der Waals surface area contributed by atoms with Crippen LogP contribution in [0.15, 0.2) is 6.07 Å². The lowest BCUT2D eigenvalue weighted by Crippen LogP contribution is -2.48. The molecular formula is C15H26N4O. The monoisotopic (exact) mass is 278 g/mol. The summed E-state index contributed by atoms with van der Waals surface area (Å²) in [5, 5.41) is 3.30. The summed E-state index contributed by atoms with van der Waals surface area (Å²) in [7, 11) is 0. The number of hydrogen-bond donors (Lipinski definition) is 1. The van der Waals surface area contributed by atoms with Crippen LogP contribution < -0.4 is 10.2 Å². The van der Waals surface area contributed by atoms with Crippen molar-refractivity contribution in [1.29, 1.82) is 0 Å². The summed E-state index contributed by atoms with van der Waals surface area (Å²) in [5.41, 5.74) is 0. The molecule has 112 valence electrons. The van der Waals surface area contributed by atoms with Gasteiger partial charge in [-0.05, 0) is 20.8 Å². The predicted molar refractivity (Wildman–Crippen MR) is 82.5 cm³/mol. The van der Waals surface area contributed by atoms with E-state index in [1.165, 1.54) is 0 Å². The molecule has 0 aromatic carbocycles. The van der Waals surface area contributed by atoms with Gasteiger partial charge in [0.15, 0.2) is 0 Å². The fourth-order valence-electron chi connectivity index (χ4n) is 2.35. The van der Waals surface area contributed by atoms with E-state index < -0.39 is 0 Å². The number of nitrogens with one attached hydrogen (secondary N) is 1. The topological polar surface area (TPSA) is 50.3 Å². The van der Waals surface area contributed by atoms with Gasteiger partial charge in [-0.2, -0.15) is 0 Å². The fourth-order valence-corrected chi connectivity index (χ4v) is 2.35. The Kier molecular flexibility index (Phi) is 4.81. The Bertz CT molecular complexity index is 449. The summed E-state index contributed by atoms with van der Waals surface area (Å²) in [4.78, 5) is 11.6. The second kappa shape index (κ2) is 6.39. The van der Waals surface area contributed by atoms with Gasteiger partial charge in [-0.25, -0.2) is 9.97 Å². The van der Waals surface area contributed by atoms with Crippen LogP contribution in [-0.4, -0.2) is 41.8 Å². The molecule has 0 spiro atoms. The number of aromatic nitrogens is 2. The Balaban J connectivity index is 2.33. The molecule has 2 atom stereocenters. The largest absolute Gasteiger partial charge is 0.375 e. The van der Waals surface area contributed by atoms with Crippen LogP contribution in [0.25, 0.3) is 0 Å². The van der Waals surface area contributed by atoms with E-state index in [0.29, 0.717) is 12.0 Å². The van der Waals surface area contributed by atoms with Gasteiger partial charge in [0.2, 0.25) is 0 Å². The Labute approximate surface area is 121 Å². The first-order chi connectivity index (χ1) is 9.51. The highest BCUT2D eigenvalue weighted by Gasteiger charge is 2.25. The Morgan fingerprint density at radius 1 is 1.40 bits per heavy atom. The average molecular weight is 278 g/mol. The molecule has 2 rings (SSSR count). The zero-order valence-corrected chi connectivity index (χ0v) is 13.2. The highest BCUT2D eigenvalue weighted by molar-refractivity contribution is 5.50. The van der Waals surface area contributed by atoms with Gasteiger partial charge in [0.25, 0.3) is 0 Å². The number of anilines is 2. The molecule has 2 heterocycles. The third-order valence-corrected chi connectivity index (χ3v) is 3.51. The Hall–Kier alpha value is -1.36. The summed E-state index contributed by atoms with van der Waals surface area (Å²) in [6.45, 7) is 13.1. The van der Waals surface area contributed by atoms with Crippen LogP contribution in [0, 0.1) is 0 Å². The Morgan fingerprint density at radius 2 is 2.15 bits per heavy atom. The molecule has 5 heteroatoms. The SMILES string of the molecule is CCNc1cc(N2CC(C)OCC2C)nc(C(C)C)n1. The zero-order valence-electron chi connectivity index (χ0n) is 13.2. The quantitative estimate of drug-likeness (QED) is 0.917. The van der Waals surface area contributed by atoms with Gasteiger partial charge >= 0.3 is 0 Å². The summed E-state index contributed by atoms with van der Waals surface area (Å²) < 4.78 is 5.70. The normalized spacial score (nSPS) is 23.2. The molecule has 1 aliphatic heterocycles. The lowest BCUT2D eigenvalue weighted by molar-refractivity contribution is 0.0340. The van der Waals surface area contributed by atoms with Crippen molar-refractivity contribution in [1.82, 2.24) is 9.97 Å². The van der Waals surface area contributed by atoms with E-state index in [4.69, 9.17) is 9.72 Å². The van der Waals surface area contributed by atoms with Crippen LogP contribution in [0.2, 0.25) is 0 Å². The molecule has 1 aromatic heterocycles. The first kappa shape index (κ1) is 15.0. The maximum atomic E-state index is 5.70. The van der Waals surface area contributed by atoms with E-state index in [0.717, 1.165) is 37.2 Å². The molecule has 1 aliphatic rings. The van der Waals surface area contributed by atoms with Gasteiger partial charge in [0.05, 0.1) is 18.8 Å². The molecule has 1 fully saturated rings. The van der Waals surface area contributed by atoms with Crippen molar-refractivity contribution in [3.05, 3.63) is 11.9 Å². The molecule has 5 nitrogen and oxygen atoms in total. The van der Waals surface area contributed by atoms with Crippen molar-refractivity contribution in [2.24, 2.45) is 0 Å². The number of nitrogens with zero attached hydrogens (tertiary/aromatic N) is 3. The van der Waals surface area contributed by atoms with E-state index >= 15 is 0 Å². The zero-order chi connectivity index (χ0) is 14.7. The molecule has 0 radical (unpaired) electrons. The summed E-state index contributed by atoms with van der Waals surface area (Å²) in [5.74, 6) is 3.13. The van der Waals surface area contributed by atoms with Crippen LogP contribution in [0.4, 0.5) is 11.6 Å². The molecule has 1 N–H and O–H groups in total. The predicted octanol–water partition coefficient (Wildman–Crippen LogP) is 2.65. The Morgan fingerprint density at radius 3 is 2.80 bits per heavy atom. The molecule has 20 heavy (non-hydrogen) atoms. The molecule has 0 bridgehead atoms. The highest BCUT2D eigenvalue weighted by Crippen LogP contribution is 2.24. The number of rotatable bonds is 4. The van der Waals surface area contributed by atoms with Gasteiger partial charge in [-0.15, -0.1) is 0 Å². The standard InChI is InChI=1S/C15H26N4O/c1-6-16-13-7-14(18-15(17-13)10(2)3)19-8-12(5)20-9-11(19)4/h7,10-12H,6,8-9H2,1-5H3,(H,16,17,18). The van der Waals surface area contributed by atoms with Crippen molar-refractivity contribution in [3.63, 3.8) is 0 Å². The second-order valence-corrected chi connectivity index (χ2v) is 5.80. The number of hydrogen-bond acceptors (Lipinski definition) is 5. The van der Waals surface area contributed by atoms with Crippen molar-refractivity contribution in [2.45, 2.75) is 52.7 Å². The third-order valence-electron chi connectivity index (χ3n) is 3.51. The van der Waals surface area contributed by atoms with Crippen molar-refractivity contribution < 1.29 is 4.74 Å². The first-order valence-corrected chi connectivity index (χ1v) is 7.52. The van der Waals surface area contributed by atoms with Gasteiger partial charge in [-0.3, -0.25) is 0 Å². The maximum absolute atomic E-state index is 5.70. The summed E-state index contributed by atoms with van der Waals surface area (Å²) in [6.07, 6.45) is 0.242. The number of ether oxygens (including phenoxy) is 1. The van der Waals surface area contributed by atoms with E-state index in [9.17, 15) is 0 Å². The molecule has 0 amide bonds. The van der Waals surface area contributed by atoms with E-state index in [1.807, 2.05) is 6.07 Å². The minimum atomic E-state index is 0.242. The molecule has 1 aromatic rings. The van der Waals surface area contributed by atoms with Gasteiger partial charge < -0.3 is 15.0 Å². The van der Waals surface area contributed by atoms with Crippen molar-refractivity contribution in [2.75, 3.05) is 29.9 Å².